The molecular formula is C48H80O6. The number of ether oxygens (including phenoxy) is 3. The van der Waals surface area contributed by atoms with Gasteiger partial charge >= 0.3 is 17.9 Å². The van der Waals surface area contributed by atoms with Crippen LogP contribution in [0.3, 0.4) is 0 Å². The monoisotopic (exact) mass is 753 g/mol. The summed E-state index contributed by atoms with van der Waals surface area (Å²) in [5.41, 5.74) is 0. The van der Waals surface area contributed by atoms with E-state index >= 15 is 0 Å². The van der Waals surface area contributed by atoms with Crippen LogP contribution in [0.2, 0.25) is 0 Å². The van der Waals surface area contributed by atoms with Gasteiger partial charge in [0.1, 0.15) is 13.2 Å². The third kappa shape index (κ3) is 40.0. The first-order chi connectivity index (χ1) is 26.5. The van der Waals surface area contributed by atoms with Crippen LogP contribution >= 0.6 is 0 Å². The molecule has 0 heterocycles. The summed E-state index contributed by atoms with van der Waals surface area (Å²) in [6.45, 7) is 6.36. The maximum absolute atomic E-state index is 12.6. The zero-order chi connectivity index (χ0) is 39.4. The molecule has 0 aromatic carbocycles. The molecule has 0 aromatic heterocycles. The van der Waals surface area contributed by atoms with E-state index in [4.69, 9.17) is 14.2 Å². The normalized spacial score (nSPS) is 12.7. The summed E-state index contributed by atoms with van der Waals surface area (Å²) < 4.78 is 16.6. The van der Waals surface area contributed by atoms with E-state index in [1.165, 1.54) is 70.6 Å². The van der Waals surface area contributed by atoms with Gasteiger partial charge in [-0.2, -0.15) is 0 Å². The molecule has 0 aromatic rings. The van der Waals surface area contributed by atoms with E-state index < -0.39 is 6.10 Å². The highest BCUT2D eigenvalue weighted by Crippen LogP contribution is 2.13. The average molecular weight is 753 g/mol. The molecule has 0 spiro atoms. The van der Waals surface area contributed by atoms with Crippen molar-refractivity contribution in [2.45, 2.75) is 200 Å². The molecule has 0 saturated heterocycles. The third-order valence-corrected chi connectivity index (χ3v) is 8.95. The Bertz CT molecular complexity index is 1050. The van der Waals surface area contributed by atoms with Gasteiger partial charge in [-0.25, -0.2) is 0 Å². The van der Waals surface area contributed by atoms with Gasteiger partial charge in [0.15, 0.2) is 6.10 Å². The van der Waals surface area contributed by atoms with Crippen LogP contribution in [0.15, 0.2) is 72.9 Å². The number of carbonyl (C=O) groups excluding carboxylic acids is 3. The summed E-state index contributed by atoms with van der Waals surface area (Å²) in [6, 6.07) is 0. The SMILES string of the molecule is CC/C=C\C/C=C\CCCCC(=O)OCC(COC(=O)CCC/C=C\C/C=C\C/C=C\C/C=C\CCCCC)OC(=O)CCCCCCCCCCCC. The van der Waals surface area contributed by atoms with E-state index in [0.717, 1.165) is 77.0 Å². The molecule has 0 radical (unpaired) electrons. The highest BCUT2D eigenvalue weighted by Gasteiger charge is 2.19. The Morgan fingerprint density at radius 3 is 1.24 bits per heavy atom. The van der Waals surface area contributed by atoms with Crippen LogP contribution in [0.5, 0.6) is 0 Å². The van der Waals surface area contributed by atoms with Crippen LogP contribution in [0, 0.1) is 0 Å². The first-order valence-electron chi connectivity index (χ1n) is 21.9. The van der Waals surface area contributed by atoms with Gasteiger partial charge in [-0.1, -0.05) is 164 Å². The van der Waals surface area contributed by atoms with Crippen LogP contribution in [-0.4, -0.2) is 37.2 Å². The number of esters is 3. The number of hydrogen-bond acceptors (Lipinski definition) is 6. The molecule has 1 atom stereocenters. The lowest BCUT2D eigenvalue weighted by Crippen LogP contribution is -2.30. The topological polar surface area (TPSA) is 78.9 Å². The first kappa shape index (κ1) is 50.9. The molecule has 0 aliphatic heterocycles. The van der Waals surface area contributed by atoms with E-state index in [1.54, 1.807) is 0 Å². The Morgan fingerprint density at radius 2 is 0.741 bits per heavy atom. The fraction of sp³-hybridized carbons (Fsp3) is 0.688. The minimum atomic E-state index is -0.804. The van der Waals surface area contributed by atoms with Crippen LogP contribution in [0.1, 0.15) is 194 Å². The molecule has 0 fully saturated rings. The lowest BCUT2D eigenvalue weighted by atomic mass is 10.1. The van der Waals surface area contributed by atoms with Crippen LogP contribution in [0.4, 0.5) is 0 Å². The van der Waals surface area contributed by atoms with Crippen molar-refractivity contribution in [3.63, 3.8) is 0 Å². The minimum absolute atomic E-state index is 0.109. The van der Waals surface area contributed by atoms with Crippen molar-refractivity contribution in [1.29, 1.82) is 0 Å². The predicted octanol–water partition coefficient (Wildman–Crippen LogP) is 13.9. The van der Waals surface area contributed by atoms with Crippen LogP contribution < -0.4 is 0 Å². The van der Waals surface area contributed by atoms with Crippen molar-refractivity contribution in [2.24, 2.45) is 0 Å². The van der Waals surface area contributed by atoms with Gasteiger partial charge in [-0.15, -0.1) is 0 Å². The molecule has 308 valence electrons. The van der Waals surface area contributed by atoms with Gasteiger partial charge in [-0.05, 0) is 83.5 Å². The van der Waals surface area contributed by atoms with Gasteiger partial charge in [0.05, 0.1) is 0 Å². The first-order valence-corrected chi connectivity index (χ1v) is 21.9. The summed E-state index contributed by atoms with van der Waals surface area (Å²) >= 11 is 0. The zero-order valence-electron chi connectivity index (χ0n) is 35.0. The Kier molecular flexibility index (Phi) is 40.1. The lowest BCUT2D eigenvalue weighted by molar-refractivity contribution is -0.167. The number of allylic oxidation sites excluding steroid dienone is 12. The van der Waals surface area contributed by atoms with E-state index in [1.807, 2.05) is 0 Å². The molecule has 0 amide bonds. The van der Waals surface area contributed by atoms with E-state index in [2.05, 4.69) is 93.7 Å². The quantitative estimate of drug-likeness (QED) is 0.0270. The van der Waals surface area contributed by atoms with Crippen molar-refractivity contribution >= 4 is 17.9 Å². The second kappa shape index (κ2) is 42.6. The second-order valence-electron chi connectivity index (χ2n) is 14.2. The lowest BCUT2D eigenvalue weighted by Gasteiger charge is -2.18. The third-order valence-electron chi connectivity index (χ3n) is 8.95. The molecule has 0 rings (SSSR count). The molecule has 0 aliphatic carbocycles. The molecule has 0 saturated carbocycles. The largest absolute Gasteiger partial charge is 0.462 e. The summed E-state index contributed by atoms with van der Waals surface area (Å²) in [7, 11) is 0. The minimum Gasteiger partial charge on any atom is -0.462 e. The van der Waals surface area contributed by atoms with Crippen LogP contribution in [-0.2, 0) is 28.6 Å². The summed E-state index contributed by atoms with van der Waals surface area (Å²) in [6.07, 6.45) is 51.9. The number of unbranched alkanes of at least 4 members (excludes halogenated alkanes) is 15. The Balaban J connectivity index is 4.46. The fourth-order valence-corrected chi connectivity index (χ4v) is 5.65. The molecule has 0 N–H and O–H groups in total. The number of rotatable bonds is 38. The fourth-order valence-electron chi connectivity index (χ4n) is 5.65. The van der Waals surface area contributed by atoms with Crippen molar-refractivity contribution in [1.82, 2.24) is 0 Å². The van der Waals surface area contributed by atoms with E-state index in [0.29, 0.717) is 19.3 Å². The zero-order valence-corrected chi connectivity index (χ0v) is 35.0. The smallest absolute Gasteiger partial charge is 0.306 e. The molecule has 0 bridgehead atoms. The summed E-state index contributed by atoms with van der Waals surface area (Å²) in [5.74, 6) is -1.01. The predicted molar refractivity (Wildman–Crippen MR) is 228 cm³/mol. The Morgan fingerprint density at radius 1 is 0.389 bits per heavy atom. The van der Waals surface area contributed by atoms with Crippen molar-refractivity contribution in [3.05, 3.63) is 72.9 Å². The summed E-state index contributed by atoms with van der Waals surface area (Å²) in [5, 5.41) is 0. The number of carbonyl (C=O) groups is 3. The molecule has 1 unspecified atom stereocenters. The molecule has 54 heavy (non-hydrogen) atoms. The molecule has 6 heteroatoms. The van der Waals surface area contributed by atoms with Gasteiger partial charge in [0, 0.05) is 19.3 Å². The van der Waals surface area contributed by atoms with Gasteiger partial charge in [-0.3, -0.25) is 14.4 Å². The van der Waals surface area contributed by atoms with Gasteiger partial charge in [0.25, 0.3) is 0 Å². The molecule has 0 aliphatic rings. The maximum atomic E-state index is 12.6. The van der Waals surface area contributed by atoms with Gasteiger partial charge in [0.2, 0.25) is 0 Å². The van der Waals surface area contributed by atoms with Crippen molar-refractivity contribution in [3.8, 4) is 0 Å². The maximum Gasteiger partial charge on any atom is 0.306 e. The molecule has 6 nitrogen and oxygen atoms in total. The Hall–Kier alpha value is -3.15. The van der Waals surface area contributed by atoms with E-state index in [-0.39, 0.29) is 37.5 Å². The number of hydrogen-bond donors (Lipinski definition) is 0. The average Bonchev–Trinajstić information content (AvgIpc) is 3.17. The van der Waals surface area contributed by atoms with Gasteiger partial charge < -0.3 is 14.2 Å². The van der Waals surface area contributed by atoms with Crippen molar-refractivity contribution in [2.75, 3.05) is 13.2 Å². The van der Waals surface area contributed by atoms with Crippen molar-refractivity contribution < 1.29 is 28.6 Å². The standard InChI is InChI=1S/C48H80O6/c1-4-7-10-13-16-19-21-22-23-24-25-26-27-30-32-35-38-41-47(50)53-44-45(43-52-46(49)40-37-34-31-28-18-15-12-9-6-3)54-48(51)42-39-36-33-29-20-17-14-11-8-5-2/h9,12,16,18-19,22-23,25-26,28,30,32,45H,4-8,10-11,13-15,17,20-21,24,27,29,31,33-44H2,1-3H3/b12-9-,19-16-,23-22-,26-25-,28-18-,32-30-. The van der Waals surface area contributed by atoms with E-state index in [9.17, 15) is 14.4 Å². The second-order valence-corrected chi connectivity index (χ2v) is 14.2. The van der Waals surface area contributed by atoms with Crippen LogP contribution in [0.25, 0.3) is 0 Å². The summed E-state index contributed by atoms with van der Waals surface area (Å²) in [4.78, 5) is 37.5. The molecular weight excluding hydrogens is 673 g/mol. The Labute approximate surface area is 332 Å². The highest BCUT2D eigenvalue weighted by atomic mass is 16.6. The highest BCUT2D eigenvalue weighted by molar-refractivity contribution is 5.71.